The van der Waals surface area contributed by atoms with Crippen LogP contribution in [0.1, 0.15) is 53.4 Å². The van der Waals surface area contributed by atoms with Gasteiger partial charge in [-0.15, -0.1) is 0 Å². The van der Waals surface area contributed by atoms with Gasteiger partial charge in [0, 0.05) is 0 Å². The molecule has 0 spiro atoms. The average molecular weight is 285 g/mol. The molecule has 0 aromatic heterocycles. The molecule has 0 aromatic rings. The van der Waals surface area contributed by atoms with Crippen molar-refractivity contribution in [1.29, 1.82) is 0 Å². The van der Waals surface area contributed by atoms with E-state index in [1.54, 1.807) is 20.8 Å². The average Bonchev–Trinajstić information content (AvgIpc) is 3.07. The highest BCUT2D eigenvalue weighted by Crippen LogP contribution is 2.37. The number of hydrogen-bond donors (Lipinski definition) is 2. The fraction of sp³-hybridized carbons (Fsp3) is 0.867. The first-order valence-electron chi connectivity index (χ1n) is 7.39. The highest BCUT2D eigenvalue weighted by Gasteiger charge is 2.38. The topological polar surface area (TPSA) is 75.6 Å². The van der Waals surface area contributed by atoms with Gasteiger partial charge in [-0.05, 0) is 24.2 Å². The van der Waals surface area contributed by atoms with Crippen LogP contribution in [0, 0.1) is 11.3 Å². The summed E-state index contributed by atoms with van der Waals surface area (Å²) in [6.45, 7) is 7.47. The van der Waals surface area contributed by atoms with Gasteiger partial charge in [0.15, 0.2) is 0 Å². The Labute approximate surface area is 121 Å². The van der Waals surface area contributed by atoms with Crippen LogP contribution < -0.4 is 5.32 Å². The Morgan fingerprint density at radius 3 is 2.55 bits per heavy atom. The second-order valence-electron chi connectivity index (χ2n) is 6.69. The quantitative estimate of drug-likeness (QED) is 0.717. The van der Waals surface area contributed by atoms with E-state index in [9.17, 15) is 9.59 Å². The highest BCUT2D eigenvalue weighted by molar-refractivity contribution is 5.84. The third kappa shape index (κ3) is 5.49. The van der Waals surface area contributed by atoms with Crippen molar-refractivity contribution in [3.63, 3.8) is 0 Å². The van der Waals surface area contributed by atoms with Gasteiger partial charge < -0.3 is 15.2 Å². The maximum atomic E-state index is 11.8. The molecule has 3 atom stereocenters. The molecule has 5 nitrogen and oxygen atoms in total. The largest absolute Gasteiger partial charge is 0.480 e. The summed E-state index contributed by atoms with van der Waals surface area (Å²) in [7, 11) is 0. The van der Waals surface area contributed by atoms with E-state index in [4.69, 9.17) is 9.84 Å². The predicted molar refractivity (Wildman–Crippen MR) is 76.4 cm³/mol. The van der Waals surface area contributed by atoms with Crippen LogP contribution in [-0.4, -0.2) is 35.7 Å². The lowest BCUT2D eigenvalue weighted by atomic mass is 9.87. The van der Waals surface area contributed by atoms with Gasteiger partial charge in [-0.3, -0.25) is 4.79 Å². The van der Waals surface area contributed by atoms with Crippen LogP contribution in [0.15, 0.2) is 0 Å². The van der Waals surface area contributed by atoms with Crippen LogP contribution in [-0.2, 0) is 14.3 Å². The van der Waals surface area contributed by atoms with E-state index < -0.39 is 17.4 Å². The Kier molecular flexibility index (Phi) is 5.99. The first-order chi connectivity index (χ1) is 9.25. The van der Waals surface area contributed by atoms with Gasteiger partial charge >= 0.3 is 5.97 Å². The van der Waals surface area contributed by atoms with Crippen LogP contribution in [0.2, 0.25) is 0 Å². The molecule has 0 bridgehead atoms. The van der Waals surface area contributed by atoms with Crippen LogP contribution in [0.4, 0.5) is 0 Å². The molecule has 2 N–H and O–H groups in total. The van der Waals surface area contributed by atoms with Crippen molar-refractivity contribution in [2.75, 3.05) is 6.61 Å². The van der Waals surface area contributed by atoms with Crippen LogP contribution in [0.25, 0.3) is 0 Å². The van der Waals surface area contributed by atoms with Crippen LogP contribution in [0.3, 0.4) is 0 Å². The van der Waals surface area contributed by atoms with Crippen molar-refractivity contribution >= 4 is 11.9 Å². The van der Waals surface area contributed by atoms with Gasteiger partial charge in [0.05, 0.1) is 6.10 Å². The van der Waals surface area contributed by atoms with Crippen LogP contribution in [0.5, 0.6) is 0 Å². The van der Waals surface area contributed by atoms with E-state index in [1.165, 1.54) is 12.8 Å². The fourth-order valence-electron chi connectivity index (χ4n) is 2.23. The molecule has 1 aliphatic rings. The van der Waals surface area contributed by atoms with Crippen molar-refractivity contribution < 1.29 is 19.4 Å². The number of unbranched alkanes of at least 4 members (excludes halogenated alkanes) is 1. The second-order valence-corrected chi connectivity index (χ2v) is 6.69. The molecule has 1 amide bonds. The molecule has 1 aliphatic carbocycles. The van der Waals surface area contributed by atoms with Gasteiger partial charge in [-0.25, -0.2) is 4.79 Å². The Balaban J connectivity index is 2.28. The summed E-state index contributed by atoms with van der Waals surface area (Å²) in [5, 5.41) is 11.7. The van der Waals surface area contributed by atoms with E-state index in [1.807, 2.05) is 0 Å². The molecule has 0 aliphatic heterocycles. The van der Waals surface area contributed by atoms with Crippen molar-refractivity contribution in [3.8, 4) is 0 Å². The molecule has 1 fully saturated rings. The zero-order valence-electron chi connectivity index (χ0n) is 12.9. The maximum Gasteiger partial charge on any atom is 0.326 e. The standard InChI is InChI=1S/C15H27NO4/c1-5-6-7-10-8-11(10)20-9-12(17)16-13(14(18)19)15(2,3)4/h10-11,13H,5-9H2,1-4H3,(H,16,17)(H,18,19)/t10-,11-,13-/m1/s1. The molecule has 0 radical (unpaired) electrons. The number of rotatable bonds is 8. The van der Waals surface area contributed by atoms with Gasteiger partial charge in [0.1, 0.15) is 12.6 Å². The summed E-state index contributed by atoms with van der Waals surface area (Å²) in [6, 6.07) is -0.895. The minimum atomic E-state index is -1.02. The second kappa shape index (κ2) is 7.07. The van der Waals surface area contributed by atoms with Gasteiger partial charge in [-0.1, -0.05) is 40.5 Å². The number of hydrogen-bond acceptors (Lipinski definition) is 3. The molecular weight excluding hydrogens is 258 g/mol. The van der Waals surface area contributed by atoms with Crippen molar-refractivity contribution in [2.24, 2.45) is 11.3 Å². The summed E-state index contributed by atoms with van der Waals surface area (Å²) in [5.74, 6) is -0.785. The summed E-state index contributed by atoms with van der Waals surface area (Å²) in [5.41, 5.74) is -0.523. The predicted octanol–water partition coefficient (Wildman–Crippen LogP) is 2.20. The van der Waals surface area contributed by atoms with Gasteiger partial charge in [-0.2, -0.15) is 0 Å². The Morgan fingerprint density at radius 2 is 2.05 bits per heavy atom. The minimum Gasteiger partial charge on any atom is -0.480 e. The van der Waals surface area contributed by atoms with Crippen molar-refractivity contribution in [2.45, 2.75) is 65.5 Å². The van der Waals surface area contributed by atoms with Crippen LogP contribution >= 0.6 is 0 Å². The minimum absolute atomic E-state index is 0.0485. The molecule has 20 heavy (non-hydrogen) atoms. The van der Waals surface area contributed by atoms with Crippen molar-refractivity contribution in [1.82, 2.24) is 5.32 Å². The van der Waals surface area contributed by atoms with E-state index in [-0.39, 0.29) is 18.6 Å². The van der Waals surface area contributed by atoms with Gasteiger partial charge in [0.25, 0.3) is 0 Å². The Hall–Kier alpha value is -1.10. The Morgan fingerprint density at radius 1 is 1.40 bits per heavy atom. The molecule has 1 saturated carbocycles. The number of carboxylic acid groups (broad SMARTS) is 1. The smallest absolute Gasteiger partial charge is 0.326 e. The molecule has 0 unspecified atom stereocenters. The van der Waals surface area contributed by atoms with E-state index in [0.29, 0.717) is 5.92 Å². The third-order valence-electron chi connectivity index (χ3n) is 3.63. The van der Waals surface area contributed by atoms with Crippen molar-refractivity contribution in [3.05, 3.63) is 0 Å². The first-order valence-corrected chi connectivity index (χ1v) is 7.39. The normalized spacial score (nSPS) is 23.2. The number of amides is 1. The van der Waals surface area contributed by atoms with Gasteiger partial charge in [0.2, 0.25) is 5.91 Å². The first kappa shape index (κ1) is 17.0. The molecule has 1 rings (SSSR count). The zero-order valence-corrected chi connectivity index (χ0v) is 12.9. The maximum absolute atomic E-state index is 11.8. The number of aliphatic carboxylic acids is 1. The summed E-state index contributed by atoms with van der Waals surface area (Å²) >= 11 is 0. The lowest BCUT2D eigenvalue weighted by Crippen LogP contribution is -2.50. The van der Waals surface area contributed by atoms with E-state index in [0.717, 1.165) is 12.8 Å². The summed E-state index contributed by atoms with van der Waals surface area (Å²) in [4.78, 5) is 22.9. The number of carbonyl (C=O) groups is 2. The molecular formula is C15H27NO4. The number of carbonyl (C=O) groups excluding carboxylic acids is 1. The summed E-state index contributed by atoms with van der Waals surface area (Å²) < 4.78 is 5.51. The fourth-order valence-corrected chi connectivity index (χ4v) is 2.23. The molecule has 0 saturated heterocycles. The lowest BCUT2D eigenvalue weighted by molar-refractivity contribution is -0.145. The highest BCUT2D eigenvalue weighted by atomic mass is 16.5. The molecule has 0 aromatic carbocycles. The molecule has 5 heteroatoms. The molecule has 116 valence electrons. The zero-order chi connectivity index (χ0) is 15.3. The third-order valence-corrected chi connectivity index (χ3v) is 3.63. The monoisotopic (exact) mass is 285 g/mol. The SMILES string of the molecule is CCCC[C@@H]1C[C@H]1OCC(=O)N[C@H](C(=O)O)C(C)(C)C. The lowest BCUT2D eigenvalue weighted by Gasteiger charge is -2.27. The Bertz CT molecular complexity index is 348. The number of carboxylic acids is 1. The summed E-state index contributed by atoms with van der Waals surface area (Å²) in [6.07, 6.45) is 4.74. The number of ether oxygens (including phenoxy) is 1. The number of nitrogens with one attached hydrogen (secondary N) is 1. The molecule has 0 heterocycles. The van der Waals surface area contributed by atoms with E-state index in [2.05, 4.69) is 12.2 Å². The van der Waals surface area contributed by atoms with E-state index >= 15 is 0 Å².